The van der Waals surface area contributed by atoms with Gasteiger partial charge in [-0.3, -0.25) is 4.79 Å². The number of hydrogen-bond donors (Lipinski definition) is 3. The van der Waals surface area contributed by atoms with Crippen LogP contribution in [-0.4, -0.2) is 29.1 Å². The summed E-state index contributed by atoms with van der Waals surface area (Å²) in [6, 6.07) is 3.43. The van der Waals surface area contributed by atoms with Crippen molar-refractivity contribution in [2.24, 2.45) is 0 Å². The van der Waals surface area contributed by atoms with E-state index in [0.29, 0.717) is 6.54 Å². The highest BCUT2D eigenvalue weighted by molar-refractivity contribution is 5.98. The van der Waals surface area contributed by atoms with Gasteiger partial charge in [0, 0.05) is 5.69 Å². The van der Waals surface area contributed by atoms with Gasteiger partial charge in [0.25, 0.3) is 0 Å². The fraction of sp³-hybridized carbons (Fsp3) is 0.385. The van der Waals surface area contributed by atoms with Crippen LogP contribution in [0.1, 0.15) is 31.1 Å². The minimum atomic E-state index is -1.38. The van der Waals surface area contributed by atoms with E-state index in [-0.39, 0.29) is 11.6 Å². The predicted octanol–water partition coefficient (Wildman–Crippen LogP) is 1.85. The smallest absolute Gasteiger partial charge is 0.338 e. The first-order valence-electron chi connectivity index (χ1n) is 5.87. The Morgan fingerprint density at radius 1 is 1.37 bits per heavy atom. The van der Waals surface area contributed by atoms with Crippen LogP contribution >= 0.6 is 0 Å². The highest BCUT2D eigenvalue weighted by Crippen LogP contribution is 2.16. The Kier molecular flexibility index (Phi) is 4.61. The number of aromatic carboxylic acids is 1. The third-order valence-corrected chi connectivity index (χ3v) is 2.64. The molecule has 0 unspecified atom stereocenters. The quantitative estimate of drug-likeness (QED) is 0.761. The molecule has 0 aliphatic heterocycles. The molecule has 104 valence electrons. The standard InChI is InChI=1S/C13H17FN2O3/c1-4-15-13(2,3)12(19)16-8-5-6-10(14)9(7-8)11(17)18/h5-7,15H,4H2,1-3H3,(H,16,19)(H,17,18). The number of hydrogen-bond acceptors (Lipinski definition) is 3. The van der Waals surface area contributed by atoms with Crippen molar-refractivity contribution in [3.05, 3.63) is 29.6 Å². The molecule has 0 fully saturated rings. The summed E-state index contributed by atoms with van der Waals surface area (Å²) in [5, 5.41) is 14.3. The van der Waals surface area contributed by atoms with Crippen LogP contribution in [0.5, 0.6) is 0 Å². The fourth-order valence-electron chi connectivity index (χ4n) is 1.58. The van der Waals surface area contributed by atoms with Gasteiger partial charge >= 0.3 is 5.97 Å². The topological polar surface area (TPSA) is 78.4 Å². The third kappa shape index (κ3) is 3.75. The number of amides is 1. The van der Waals surface area contributed by atoms with E-state index in [0.717, 1.165) is 12.1 Å². The summed E-state index contributed by atoms with van der Waals surface area (Å²) in [4.78, 5) is 22.8. The molecule has 0 aromatic heterocycles. The van der Waals surface area contributed by atoms with Gasteiger partial charge in [0.2, 0.25) is 5.91 Å². The lowest BCUT2D eigenvalue weighted by molar-refractivity contribution is -0.121. The van der Waals surface area contributed by atoms with E-state index in [4.69, 9.17) is 5.11 Å². The normalized spacial score (nSPS) is 11.2. The Hall–Kier alpha value is -1.95. The van der Waals surface area contributed by atoms with E-state index in [9.17, 15) is 14.0 Å². The second-order valence-electron chi connectivity index (χ2n) is 4.61. The Morgan fingerprint density at radius 2 is 2.00 bits per heavy atom. The average Bonchev–Trinajstić information content (AvgIpc) is 2.31. The molecule has 0 radical (unpaired) electrons. The SMILES string of the molecule is CCNC(C)(C)C(=O)Nc1ccc(F)c(C(=O)O)c1. The van der Waals surface area contributed by atoms with E-state index in [1.165, 1.54) is 6.07 Å². The van der Waals surface area contributed by atoms with Gasteiger partial charge in [-0.1, -0.05) is 6.92 Å². The molecule has 1 amide bonds. The summed E-state index contributed by atoms with van der Waals surface area (Å²) in [6.07, 6.45) is 0. The second kappa shape index (κ2) is 5.79. The number of carboxylic acids is 1. The molecule has 1 aromatic carbocycles. The monoisotopic (exact) mass is 268 g/mol. The van der Waals surface area contributed by atoms with E-state index in [1.807, 2.05) is 6.92 Å². The van der Waals surface area contributed by atoms with Crippen LogP contribution in [0.4, 0.5) is 10.1 Å². The van der Waals surface area contributed by atoms with Crippen LogP contribution in [0.15, 0.2) is 18.2 Å². The molecule has 0 bridgehead atoms. The lowest BCUT2D eigenvalue weighted by atomic mass is 10.0. The van der Waals surface area contributed by atoms with Crippen molar-refractivity contribution < 1.29 is 19.1 Å². The highest BCUT2D eigenvalue weighted by atomic mass is 19.1. The van der Waals surface area contributed by atoms with Crippen LogP contribution in [-0.2, 0) is 4.79 Å². The molecule has 1 aromatic rings. The van der Waals surface area contributed by atoms with Crippen molar-refractivity contribution in [1.29, 1.82) is 0 Å². The van der Waals surface area contributed by atoms with Crippen molar-refractivity contribution in [2.45, 2.75) is 26.3 Å². The van der Waals surface area contributed by atoms with Crippen LogP contribution < -0.4 is 10.6 Å². The number of halogens is 1. The van der Waals surface area contributed by atoms with Crippen LogP contribution in [0, 0.1) is 5.82 Å². The van der Waals surface area contributed by atoms with Gasteiger partial charge in [-0.05, 0) is 38.6 Å². The first kappa shape index (κ1) is 15.1. The molecule has 0 atom stereocenters. The van der Waals surface area contributed by atoms with Gasteiger partial charge in [-0.25, -0.2) is 9.18 Å². The molecule has 1 rings (SSSR count). The van der Waals surface area contributed by atoms with Gasteiger partial charge < -0.3 is 15.7 Å². The number of carbonyl (C=O) groups excluding carboxylic acids is 1. The van der Waals surface area contributed by atoms with E-state index < -0.39 is 22.9 Å². The molecule has 0 heterocycles. The lowest BCUT2D eigenvalue weighted by Gasteiger charge is -2.24. The van der Waals surface area contributed by atoms with Gasteiger partial charge in [0.05, 0.1) is 11.1 Å². The molecule has 0 saturated carbocycles. The lowest BCUT2D eigenvalue weighted by Crippen LogP contribution is -2.49. The zero-order chi connectivity index (χ0) is 14.6. The maximum absolute atomic E-state index is 13.2. The van der Waals surface area contributed by atoms with E-state index in [2.05, 4.69) is 10.6 Å². The number of anilines is 1. The van der Waals surface area contributed by atoms with Crippen molar-refractivity contribution in [2.75, 3.05) is 11.9 Å². The number of rotatable bonds is 5. The Morgan fingerprint density at radius 3 is 2.53 bits per heavy atom. The van der Waals surface area contributed by atoms with Crippen LogP contribution in [0.25, 0.3) is 0 Å². The third-order valence-electron chi connectivity index (χ3n) is 2.64. The van der Waals surface area contributed by atoms with Crippen molar-refractivity contribution >= 4 is 17.6 Å². The average molecular weight is 268 g/mol. The van der Waals surface area contributed by atoms with Gasteiger partial charge in [0.15, 0.2) is 0 Å². The molecule has 0 aliphatic carbocycles. The predicted molar refractivity (Wildman–Crippen MR) is 69.7 cm³/mol. The molecule has 6 heteroatoms. The largest absolute Gasteiger partial charge is 0.478 e. The number of carboxylic acid groups (broad SMARTS) is 1. The van der Waals surface area contributed by atoms with Crippen molar-refractivity contribution in [3.63, 3.8) is 0 Å². The molecule has 0 saturated heterocycles. The van der Waals surface area contributed by atoms with Crippen molar-refractivity contribution in [1.82, 2.24) is 5.32 Å². The van der Waals surface area contributed by atoms with E-state index >= 15 is 0 Å². The number of benzene rings is 1. The Balaban J connectivity index is 2.92. The van der Waals surface area contributed by atoms with E-state index in [1.54, 1.807) is 13.8 Å². The molecule has 0 aliphatic rings. The summed E-state index contributed by atoms with van der Waals surface area (Å²) in [5.74, 6) is -2.53. The number of likely N-dealkylation sites (N-methyl/N-ethyl adjacent to an activating group) is 1. The molecule has 5 nitrogen and oxygen atoms in total. The van der Waals surface area contributed by atoms with Crippen LogP contribution in [0.2, 0.25) is 0 Å². The van der Waals surface area contributed by atoms with Gasteiger partial charge in [-0.15, -0.1) is 0 Å². The second-order valence-corrected chi connectivity index (χ2v) is 4.61. The number of carbonyl (C=O) groups is 2. The summed E-state index contributed by atoms with van der Waals surface area (Å²) >= 11 is 0. The summed E-state index contributed by atoms with van der Waals surface area (Å²) in [6.45, 7) is 5.89. The summed E-state index contributed by atoms with van der Waals surface area (Å²) in [7, 11) is 0. The molecule has 0 spiro atoms. The zero-order valence-corrected chi connectivity index (χ0v) is 11.1. The Labute approximate surface area is 110 Å². The minimum absolute atomic E-state index is 0.245. The van der Waals surface area contributed by atoms with Gasteiger partial charge in [-0.2, -0.15) is 0 Å². The zero-order valence-electron chi connectivity index (χ0n) is 11.1. The highest BCUT2D eigenvalue weighted by Gasteiger charge is 2.26. The fourth-order valence-corrected chi connectivity index (χ4v) is 1.58. The first-order chi connectivity index (χ1) is 8.77. The molecular weight excluding hydrogens is 251 g/mol. The van der Waals surface area contributed by atoms with Crippen molar-refractivity contribution in [3.8, 4) is 0 Å². The first-order valence-corrected chi connectivity index (χ1v) is 5.87. The maximum atomic E-state index is 13.2. The summed E-state index contributed by atoms with van der Waals surface area (Å²) < 4.78 is 13.2. The molecular formula is C13H17FN2O3. The Bertz CT molecular complexity index is 501. The maximum Gasteiger partial charge on any atom is 0.338 e. The minimum Gasteiger partial charge on any atom is -0.478 e. The molecule has 19 heavy (non-hydrogen) atoms. The van der Waals surface area contributed by atoms with Crippen LogP contribution in [0.3, 0.4) is 0 Å². The summed E-state index contributed by atoms with van der Waals surface area (Å²) in [5.41, 5.74) is -1.03. The molecule has 3 N–H and O–H groups in total. The number of nitrogens with one attached hydrogen (secondary N) is 2. The van der Waals surface area contributed by atoms with Gasteiger partial charge in [0.1, 0.15) is 5.82 Å².